The second kappa shape index (κ2) is 7.53. The molecule has 9 heavy (non-hydrogen) atoms. The molecule has 0 atom stereocenters. The van der Waals surface area contributed by atoms with Gasteiger partial charge in [0, 0.05) is 0 Å². The van der Waals surface area contributed by atoms with E-state index >= 15 is 0 Å². The highest BCUT2D eigenvalue weighted by atomic mass is 31.1. The first-order valence-electron chi connectivity index (χ1n) is 2.25. The zero-order valence-corrected chi connectivity index (χ0v) is 6.13. The number of aliphatic carboxylic acids is 1. The van der Waals surface area contributed by atoms with Gasteiger partial charge in [0.25, 0.3) is 0 Å². The van der Waals surface area contributed by atoms with Gasteiger partial charge in [0.15, 0.2) is 0 Å². The summed E-state index contributed by atoms with van der Waals surface area (Å²) < 4.78 is 8.46. The topological polar surface area (TPSA) is 74.6 Å². The third-order valence-electron chi connectivity index (χ3n) is 0.494. The maximum absolute atomic E-state index is 9.70. The molecule has 54 valence electrons. The zero-order valence-electron chi connectivity index (χ0n) is 5.24. The predicted molar refractivity (Wildman–Crippen MR) is 32.3 cm³/mol. The highest BCUT2D eigenvalue weighted by Crippen LogP contribution is 1.87. The molecule has 0 fully saturated rings. The van der Waals surface area contributed by atoms with E-state index in [1.165, 1.54) is 0 Å². The molecule has 0 bridgehead atoms. The highest BCUT2D eigenvalue weighted by molar-refractivity contribution is 7.16. The maximum Gasteiger partial charge on any atom is 0.324 e. The van der Waals surface area contributed by atoms with Crippen molar-refractivity contribution >= 4 is 14.7 Å². The minimum atomic E-state index is -0.833. The van der Waals surface area contributed by atoms with Gasteiger partial charge in [-0.2, -0.15) is 0 Å². The number of carboxylic acids is 1. The molecule has 0 amide bonds. The third kappa shape index (κ3) is 18.5. The molecule has 0 heterocycles. The number of carbonyl (C=O) groups is 1. The summed E-state index contributed by atoms with van der Waals surface area (Å²) in [5.41, 5.74) is 0. The molecular weight excluding hydrogens is 143 g/mol. The Hall–Kier alpha value is -0.470. The molecule has 0 aliphatic rings. The molecule has 0 unspecified atom stereocenters. The van der Waals surface area contributed by atoms with E-state index < -0.39 is 14.7 Å². The molecule has 0 radical (unpaired) electrons. The number of rotatable bonds is 1. The van der Waals surface area contributed by atoms with E-state index in [4.69, 9.17) is 14.6 Å². The summed E-state index contributed by atoms with van der Waals surface area (Å²) in [6, 6.07) is 0. The second-order valence-corrected chi connectivity index (χ2v) is 1.74. The quantitative estimate of drug-likeness (QED) is 0.547. The summed E-state index contributed by atoms with van der Waals surface area (Å²) in [6.45, 7) is 3.28. The molecule has 0 saturated heterocycles. The minimum Gasteiger partial charge on any atom is -0.481 e. The molecule has 0 aromatic carbocycles. The van der Waals surface area contributed by atoms with Crippen LogP contribution in [0.3, 0.4) is 0 Å². The fraction of sp³-hybridized carbons (Fsp3) is 0.750. The Morgan fingerprint density at radius 3 is 1.67 bits per heavy atom. The fourth-order valence-electron chi connectivity index (χ4n) is 0. The predicted octanol–water partition coefficient (Wildman–Crippen LogP) is 0.912. The van der Waals surface area contributed by atoms with Crippen molar-refractivity contribution in [2.24, 2.45) is 5.92 Å². The van der Waals surface area contributed by atoms with Gasteiger partial charge >= 0.3 is 14.7 Å². The first-order valence-corrected chi connectivity index (χ1v) is 3.02. The van der Waals surface area contributed by atoms with Crippen molar-refractivity contribution in [3.8, 4) is 0 Å². The monoisotopic (exact) mass is 152 g/mol. The normalized spacial score (nSPS) is 8.44. The van der Waals surface area contributed by atoms with Gasteiger partial charge in [-0.15, -0.1) is 0 Å². The lowest BCUT2D eigenvalue weighted by Crippen LogP contribution is -2.03. The lowest BCUT2D eigenvalue weighted by Gasteiger charge is -1.89. The fourth-order valence-corrected chi connectivity index (χ4v) is 0. The van der Waals surface area contributed by atoms with Crippen LogP contribution in [0.4, 0.5) is 0 Å². The summed E-state index contributed by atoms with van der Waals surface area (Å²) in [5.74, 6) is -0.972. The van der Waals surface area contributed by atoms with E-state index in [-0.39, 0.29) is 5.92 Å². The van der Waals surface area contributed by atoms with Gasteiger partial charge in [-0.25, -0.2) is 4.57 Å². The van der Waals surface area contributed by atoms with Gasteiger partial charge in [-0.3, -0.25) is 4.79 Å². The number of hydrogen-bond donors (Lipinski definition) is 2. The van der Waals surface area contributed by atoms with E-state index in [0.29, 0.717) is 0 Å². The largest absolute Gasteiger partial charge is 0.481 e. The molecule has 0 rings (SSSR count). The summed E-state index contributed by atoms with van der Waals surface area (Å²) in [6.07, 6.45) is 0. The van der Waals surface area contributed by atoms with Crippen LogP contribution >= 0.6 is 8.69 Å². The number of carboxylic acid groups (broad SMARTS) is 1. The molecule has 0 aliphatic heterocycles. The summed E-state index contributed by atoms with van der Waals surface area (Å²) in [7, 11) is -0.833. The summed E-state index contributed by atoms with van der Waals surface area (Å²) >= 11 is 0. The van der Waals surface area contributed by atoms with E-state index in [9.17, 15) is 4.79 Å². The van der Waals surface area contributed by atoms with Gasteiger partial charge in [-0.1, -0.05) is 13.8 Å². The van der Waals surface area contributed by atoms with E-state index in [2.05, 4.69) is 0 Å². The Kier molecular flexibility index (Phi) is 9.49. The van der Waals surface area contributed by atoms with Crippen molar-refractivity contribution in [3.05, 3.63) is 0 Å². The van der Waals surface area contributed by atoms with Gasteiger partial charge in [-0.05, 0) is 0 Å². The van der Waals surface area contributed by atoms with Crippen molar-refractivity contribution in [2.75, 3.05) is 0 Å². The van der Waals surface area contributed by atoms with Crippen LogP contribution in [0.1, 0.15) is 13.8 Å². The van der Waals surface area contributed by atoms with Crippen LogP contribution in [0.25, 0.3) is 0 Å². The van der Waals surface area contributed by atoms with E-state index in [1.54, 1.807) is 13.8 Å². The Morgan fingerprint density at radius 1 is 1.56 bits per heavy atom. The molecule has 2 N–H and O–H groups in total. The molecule has 0 aliphatic carbocycles. The Bertz CT molecular complexity index is 90.6. The van der Waals surface area contributed by atoms with Gasteiger partial charge in [0.1, 0.15) is 0 Å². The van der Waals surface area contributed by atoms with Crippen molar-refractivity contribution in [2.45, 2.75) is 13.8 Å². The third-order valence-corrected chi connectivity index (χ3v) is 0.494. The highest BCUT2D eigenvalue weighted by Gasteiger charge is 1.99. The van der Waals surface area contributed by atoms with Crippen LogP contribution in [-0.2, 0) is 9.36 Å². The van der Waals surface area contributed by atoms with Crippen LogP contribution in [0.15, 0.2) is 0 Å². The molecular formula is C4H9O4P. The zero-order chi connectivity index (χ0) is 7.86. The first-order chi connectivity index (χ1) is 4.06. The minimum absolute atomic E-state index is 0.231. The van der Waals surface area contributed by atoms with Gasteiger partial charge < -0.3 is 10.00 Å². The molecule has 0 spiro atoms. The molecule has 4 nitrogen and oxygen atoms in total. The standard InChI is InChI=1S/C4H8O2.HO2P/c1-3(2)4(5)6;1-3-2/h3H,1-2H3,(H,5,6);(H,1,2). The van der Waals surface area contributed by atoms with E-state index in [0.717, 1.165) is 0 Å². The lowest BCUT2D eigenvalue weighted by atomic mass is 10.2. The number of hydrogen-bond acceptors (Lipinski definition) is 2. The van der Waals surface area contributed by atoms with Crippen molar-refractivity contribution in [3.63, 3.8) is 0 Å². The van der Waals surface area contributed by atoms with Crippen LogP contribution in [-0.4, -0.2) is 16.0 Å². The van der Waals surface area contributed by atoms with Crippen molar-refractivity contribution in [1.29, 1.82) is 0 Å². The molecule has 5 heteroatoms. The van der Waals surface area contributed by atoms with Crippen LogP contribution in [0, 0.1) is 5.92 Å². The Labute approximate surface area is 54.8 Å². The molecule has 0 saturated carbocycles. The average molecular weight is 152 g/mol. The summed E-state index contributed by atoms with van der Waals surface area (Å²) in [4.78, 5) is 16.7. The van der Waals surface area contributed by atoms with Gasteiger partial charge in [0.2, 0.25) is 0 Å². The smallest absolute Gasteiger partial charge is 0.324 e. The SMILES string of the molecule is CC(C)C(=O)O.O=PO. The second-order valence-electron chi connectivity index (χ2n) is 1.57. The Morgan fingerprint density at radius 2 is 1.67 bits per heavy atom. The molecule has 0 aromatic rings. The lowest BCUT2D eigenvalue weighted by molar-refractivity contribution is -0.140. The van der Waals surface area contributed by atoms with Crippen molar-refractivity contribution in [1.82, 2.24) is 0 Å². The van der Waals surface area contributed by atoms with E-state index in [1.807, 2.05) is 0 Å². The average Bonchev–Trinajstić information content (AvgIpc) is 1.68. The summed E-state index contributed by atoms with van der Waals surface area (Å²) in [5, 5.41) is 7.99. The van der Waals surface area contributed by atoms with Crippen LogP contribution in [0.5, 0.6) is 0 Å². The van der Waals surface area contributed by atoms with Gasteiger partial charge in [0.05, 0.1) is 5.92 Å². The first kappa shape index (κ1) is 11.3. The van der Waals surface area contributed by atoms with Crippen molar-refractivity contribution < 1.29 is 19.4 Å². The van der Waals surface area contributed by atoms with Crippen LogP contribution in [0.2, 0.25) is 0 Å². The molecule has 0 aromatic heterocycles. The van der Waals surface area contributed by atoms with Crippen LogP contribution < -0.4 is 0 Å². The Balaban J connectivity index is 0. The maximum atomic E-state index is 9.70.